The van der Waals surface area contributed by atoms with Gasteiger partial charge in [-0.25, -0.2) is 9.59 Å². The maximum absolute atomic E-state index is 13.4. The first-order chi connectivity index (χ1) is 34.9. The molecule has 0 unspecified atom stereocenters. The van der Waals surface area contributed by atoms with Gasteiger partial charge in [0.1, 0.15) is 67.1 Å². The van der Waals surface area contributed by atoms with Gasteiger partial charge >= 0.3 is 11.9 Å². The van der Waals surface area contributed by atoms with Gasteiger partial charge in [0.15, 0.2) is 25.0 Å². The summed E-state index contributed by atoms with van der Waals surface area (Å²) in [5, 5.41) is 146. The van der Waals surface area contributed by atoms with E-state index in [2.05, 4.69) is 19.9 Å². The maximum atomic E-state index is 13.4. The summed E-state index contributed by atoms with van der Waals surface area (Å²) in [6.07, 6.45) is -26.7. The zero-order valence-corrected chi connectivity index (χ0v) is 44.6. The zero-order chi connectivity index (χ0) is 55.6. The van der Waals surface area contributed by atoms with Crippen LogP contribution in [0.15, 0.2) is 23.3 Å². The fraction of sp³-hybridized carbons (Fsp3) is 0.887. The summed E-state index contributed by atoms with van der Waals surface area (Å²) < 4.78 is 42.3. The number of carboxylic acids is 1. The van der Waals surface area contributed by atoms with Gasteiger partial charge in [-0.1, -0.05) is 66.2 Å². The van der Waals surface area contributed by atoms with Crippen LogP contribution in [0.25, 0.3) is 0 Å². The lowest BCUT2D eigenvalue weighted by Gasteiger charge is -2.73. The number of allylic oxidation sites excluding steroid dienone is 2. The Morgan fingerprint density at radius 1 is 0.707 bits per heavy atom. The van der Waals surface area contributed by atoms with Gasteiger partial charge in [-0.05, 0) is 98.7 Å². The molecule has 0 radical (unpaired) electrons. The first kappa shape index (κ1) is 58.8. The number of aliphatic hydroxyl groups excluding tert-OH is 12. The molecule has 0 aromatic carbocycles. The highest BCUT2D eigenvalue weighted by Gasteiger charge is 2.76. The molecule has 8 rings (SSSR count). The number of hydrogen-bond donors (Lipinski definition) is 13. The Kier molecular flexibility index (Phi) is 16.2. The second-order valence-corrected chi connectivity index (χ2v) is 25.1. The number of ether oxygens (including phenoxy) is 7. The van der Waals surface area contributed by atoms with Crippen molar-refractivity contribution in [1.29, 1.82) is 0 Å². The van der Waals surface area contributed by atoms with E-state index < -0.39 is 186 Å². The Labute approximate surface area is 437 Å². The number of aliphatic hydroxyl groups is 12. The van der Waals surface area contributed by atoms with Gasteiger partial charge in [0.25, 0.3) is 0 Å². The van der Waals surface area contributed by atoms with Crippen molar-refractivity contribution >= 4 is 11.9 Å². The van der Waals surface area contributed by atoms with Crippen molar-refractivity contribution in [2.24, 2.45) is 50.2 Å². The summed E-state index contributed by atoms with van der Waals surface area (Å²) in [7, 11) is 0. The molecule has 0 amide bonds. The average molecular weight is 1070 g/mol. The molecule has 0 aromatic heterocycles. The van der Waals surface area contributed by atoms with Gasteiger partial charge in [0.2, 0.25) is 0 Å². The predicted octanol–water partition coefficient (Wildman–Crippen LogP) is -0.866. The minimum atomic E-state index is -2.07. The van der Waals surface area contributed by atoms with Crippen LogP contribution in [0.1, 0.15) is 108 Å². The molecule has 0 aromatic rings. The van der Waals surface area contributed by atoms with E-state index in [9.17, 15) is 76.0 Å². The molecule has 3 heterocycles. The van der Waals surface area contributed by atoms with Crippen LogP contribution >= 0.6 is 0 Å². The quantitative estimate of drug-likeness (QED) is 0.0518. The predicted molar refractivity (Wildman–Crippen MR) is 258 cm³/mol. The van der Waals surface area contributed by atoms with Gasteiger partial charge in [0.05, 0.1) is 49.1 Å². The van der Waals surface area contributed by atoms with Crippen LogP contribution in [0.3, 0.4) is 0 Å². The molecule has 3 aliphatic heterocycles. The normalized spacial score (nSPS) is 52.5. The van der Waals surface area contributed by atoms with E-state index in [0.29, 0.717) is 38.5 Å². The number of carbonyl (C=O) groups is 2. The summed E-state index contributed by atoms with van der Waals surface area (Å²) >= 11 is 0. The molecule has 0 bridgehead atoms. The lowest BCUT2D eigenvalue weighted by molar-refractivity contribution is -0.390. The number of aliphatic carboxylic acids is 1. The average Bonchev–Trinajstić information content (AvgIpc) is 3.36. The SMILES string of the molecule is C/C=C(/C)C(=O)O[C@@H]1[C@@H](O)C(C)(C)C[C@H]2C3=CC[C@@H]4[C@]5(C)CC[C@@H](O[C@@H]6O[C@@H](C(=O)O)[C@@H](O[C@@H]7O[C@H](C)[C@H](O)[C@H](O)[C@@H]7O)[C@H](O)[C@@H]6O[C@@H]6O[C@@H](CO)[C@H](O)[C@H](O)[C@H]6O)C(C)(C)[C@@H]5CC[C@]4(C)[C@@]3(C)[C@H](O)[C@H](O)[C@]12CO. The minimum Gasteiger partial charge on any atom is -0.479 e. The molecular formula is C53H84O22. The van der Waals surface area contributed by atoms with Crippen LogP contribution < -0.4 is 0 Å². The van der Waals surface area contributed by atoms with Crippen LogP contribution in [0.2, 0.25) is 0 Å². The zero-order valence-electron chi connectivity index (χ0n) is 44.6. The molecule has 5 aliphatic carbocycles. The molecule has 22 nitrogen and oxygen atoms in total. The third-order valence-corrected chi connectivity index (χ3v) is 20.7. The van der Waals surface area contributed by atoms with E-state index in [1.165, 1.54) is 6.92 Å². The summed E-state index contributed by atoms with van der Waals surface area (Å²) in [6, 6.07) is 0. The topological polar surface area (TPSA) is 362 Å². The summed E-state index contributed by atoms with van der Waals surface area (Å²) in [6.45, 7) is 17.3. The van der Waals surface area contributed by atoms with Crippen molar-refractivity contribution in [2.45, 2.75) is 230 Å². The molecule has 0 spiro atoms. The molecule has 428 valence electrons. The van der Waals surface area contributed by atoms with Crippen molar-refractivity contribution in [1.82, 2.24) is 0 Å². The van der Waals surface area contributed by atoms with Gasteiger partial charge in [-0.15, -0.1) is 0 Å². The smallest absolute Gasteiger partial charge is 0.335 e. The Morgan fingerprint density at radius 2 is 1.32 bits per heavy atom. The largest absolute Gasteiger partial charge is 0.479 e. The molecule has 4 saturated carbocycles. The highest BCUT2D eigenvalue weighted by atomic mass is 16.8. The first-order valence-electron chi connectivity index (χ1n) is 26.6. The molecule has 13 N–H and O–H groups in total. The van der Waals surface area contributed by atoms with Gasteiger partial charge < -0.3 is 99.5 Å². The molecule has 3 saturated heterocycles. The van der Waals surface area contributed by atoms with Crippen molar-refractivity contribution in [3.63, 3.8) is 0 Å². The second-order valence-electron chi connectivity index (χ2n) is 25.1. The lowest BCUT2D eigenvalue weighted by atomic mass is 9.32. The lowest BCUT2D eigenvalue weighted by Crippen LogP contribution is -2.76. The van der Waals surface area contributed by atoms with Crippen LogP contribution in [0.5, 0.6) is 0 Å². The standard InChI is InChI=1S/C53H84O22/c1-11-21(2)44(68)75-42-41(65)48(4,5)18-24-23-12-13-27-50(8)16-15-28(49(6,7)26(50)14-17-51(27,9)52(23,10)39(63)40(64)53(24,42)20-55)71-47-37(73-46-34(61)32(59)30(57)25(19-54)70-46)35(62)36(38(74-47)43(66)67)72-45-33(60)31(58)29(56)22(3)69-45/h11-12,22,24-42,45-47,54-65H,13-20H2,1-10H3,(H,66,67)/b21-11-/t22-,24+,25+,26+,27-,28-,29+,30+,31+,32+,33+,34-,35+,36+,37+,38-,39-,40+,41-,42-,45+,46+,47-,50-,51+,52-,53-/m1/s1. The number of carboxylic acid groups (broad SMARTS) is 1. The van der Waals surface area contributed by atoms with Crippen molar-refractivity contribution < 1.29 is 109 Å². The van der Waals surface area contributed by atoms with Crippen molar-refractivity contribution in [3.8, 4) is 0 Å². The third kappa shape index (κ3) is 8.91. The summed E-state index contributed by atoms with van der Waals surface area (Å²) in [5.74, 6) is -3.19. The van der Waals surface area contributed by atoms with E-state index in [1.54, 1.807) is 19.9 Å². The monoisotopic (exact) mass is 1070 g/mol. The van der Waals surface area contributed by atoms with E-state index in [1.807, 2.05) is 34.6 Å². The molecule has 75 heavy (non-hydrogen) atoms. The fourth-order valence-electron chi connectivity index (χ4n) is 15.8. The second kappa shape index (κ2) is 20.7. The number of carbonyl (C=O) groups excluding carboxylic acids is 1. The van der Waals surface area contributed by atoms with E-state index in [0.717, 1.165) is 5.57 Å². The van der Waals surface area contributed by atoms with E-state index >= 15 is 0 Å². The highest BCUT2D eigenvalue weighted by Crippen LogP contribution is 2.76. The summed E-state index contributed by atoms with van der Waals surface area (Å²) in [5.41, 5.74) is -4.35. The van der Waals surface area contributed by atoms with Crippen LogP contribution in [-0.2, 0) is 42.7 Å². The molecule has 22 heteroatoms. The molecule has 27 atom stereocenters. The van der Waals surface area contributed by atoms with E-state index in [-0.39, 0.29) is 17.4 Å². The molecule has 7 fully saturated rings. The van der Waals surface area contributed by atoms with Crippen molar-refractivity contribution in [2.75, 3.05) is 13.2 Å². The fourth-order valence-corrected chi connectivity index (χ4v) is 15.8. The number of hydrogen-bond acceptors (Lipinski definition) is 21. The Balaban J connectivity index is 1.11. The molecule has 8 aliphatic rings. The van der Waals surface area contributed by atoms with Crippen LogP contribution in [-0.4, -0.2) is 214 Å². The summed E-state index contributed by atoms with van der Waals surface area (Å²) in [4.78, 5) is 26.5. The van der Waals surface area contributed by atoms with Gasteiger partial charge in [-0.2, -0.15) is 0 Å². The maximum Gasteiger partial charge on any atom is 0.335 e. The Bertz CT molecular complexity index is 2170. The van der Waals surface area contributed by atoms with Gasteiger partial charge in [0, 0.05) is 11.0 Å². The number of fused-ring (bicyclic) bond motifs is 7. The van der Waals surface area contributed by atoms with Crippen molar-refractivity contribution in [3.05, 3.63) is 23.3 Å². The Morgan fingerprint density at radius 3 is 1.92 bits per heavy atom. The molecular weight excluding hydrogens is 989 g/mol. The van der Waals surface area contributed by atoms with Crippen LogP contribution in [0, 0.1) is 50.2 Å². The number of esters is 1. The number of rotatable bonds is 11. The minimum absolute atomic E-state index is 0.113. The van der Waals surface area contributed by atoms with E-state index in [4.69, 9.17) is 33.2 Å². The third-order valence-electron chi connectivity index (χ3n) is 20.7. The Hall–Kier alpha value is -2.30. The van der Waals surface area contributed by atoms with Gasteiger partial charge in [-0.3, -0.25) is 0 Å². The first-order valence-corrected chi connectivity index (χ1v) is 26.6. The van der Waals surface area contributed by atoms with Crippen LogP contribution in [0.4, 0.5) is 0 Å². The highest BCUT2D eigenvalue weighted by molar-refractivity contribution is 5.87.